The molecule has 1 amide bonds. The Hall–Kier alpha value is -2.11. The fourth-order valence-electron chi connectivity index (χ4n) is 2.67. The molecule has 0 saturated heterocycles. The summed E-state index contributed by atoms with van der Waals surface area (Å²) in [5.74, 6) is -0.00626. The first kappa shape index (κ1) is 16.3. The summed E-state index contributed by atoms with van der Waals surface area (Å²) >= 11 is 0. The van der Waals surface area contributed by atoms with Crippen molar-refractivity contribution in [2.24, 2.45) is 0 Å². The third-order valence-electron chi connectivity index (χ3n) is 3.94. The monoisotopic (exact) mass is 303 g/mol. The zero-order chi connectivity index (χ0) is 16.1. The summed E-state index contributed by atoms with van der Waals surface area (Å²) in [6.07, 6.45) is 5.27. The van der Waals surface area contributed by atoms with Crippen LogP contribution in [0.1, 0.15) is 49.7 Å². The van der Waals surface area contributed by atoms with E-state index in [1.54, 1.807) is 10.9 Å². The molecule has 0 radical (unpaired) electrons. The second-order valence-electron chi connectivity index (χ2n) is 5.50. The first-order chi connectivity index (χ1) is 10.6. The minimum Gasteiger partial charge on any atom is -0.350 e. The zero-order valence-corrected chi connectivity index (χ0v) is 13.8. The van der Waals surface area contributed by atoms with Gasteiger partial charge in [-0.1, -0.05) is 13.8 Å². The van der Waals surface area contributed by atoms with E-state index in [9.17, 15) is 4.79 Å². The third-order valence-corrected chi connectivity index (χ3v) is 3.94. The maximum Gasteiger partial charge on any atom is 0.245 e. The quantitative estimate of drug-likeness (QED) is 0.854. The van der Waals surface area contributed by atoms with Crippen LogP contribution >= 0.6 is 0 Å². The fraction of sp³-hybridized carbons (Fsp3) is 0.562. The Labute approximate surface area is 131 Å². The Kier molecular flexibility index (Phi) is 5.35. The van der Waals surface area contributed by atoms with Crippen molar-refractivity contribution >= 4 is 5.91 Å². The summed E-state index contributed by atoms with van der Waals surface area (Å²) < 4.78 is 3.72. The average Bonchev–Trinajstić information content (AvgIpc) is 3.09. The number of hydrogen-bond donors (Lipinski definition) is 1. The molecule has 2 aromatic rings. The van der Waals surface area contributed by atoms with Crippen molar-refractivity contribution in [2.45, 2.75) is 59.7 Å². The van der Waals surface area contributed by atoms with Crippen molar-refractivity contribution < 1.29 is 4.79 Å². The van der Waals surface area contributed by atoms with Gasteiger partial charge in [0.2, 0.25) is 5.91 Å². The maximum atomic E-state index is 12.4. The number of aryl methyl sites for hydroxylation is 2. The Morgan fingerprint density at radius 1 is 1.36 bits per heavy atom. The van der Waals surface area contributed by atoms with Gasteiger partial charge in [0.1, 0.15) is 6.04 Å². The van der Waals surface area contributed by atoms with Crippen LogP contribution in [0.2, 0.25) is 0 Å². The number of rotatable bonds is 7. The van der Waals surface area contributed by atoms with Crippen LogP contribution in [0.3, 0.4) is 0 Å². The van der Waals surface area contributed by atoms with Gasteiger partial charge in [-0.3, -0.25) is 14.2 Å². The molecule has 22 heavy (non-hydrogen) atoms. The Morgan fingerprint density at radius 3 is 2.73 bits per heavy atom. The molecule has 6 nitrogen and oxygen atoms in total. The summed E-state index contributed by atoms with van der Waals surface area (Å²) in [6.45, 7) is 9.59. The van der Waals surface area contributed by atoms with E-state index in [1.165, 1.54) is 0 Å². The Bertz CT molecular complexity index is 615. The van der Waals surface area contributed by atoms with Crippen LogP contribution in [-0.2, 0) is 17.9 Å². The maximum absolute atomic E-state index is 12.4. The summed E-state index contributed by atoms with van der Waals surface area (Å²) in [5, 5.41) is 11.7. The molecule has 0 aliphatic heterocycles. The predicted octanol–water partition coefficient (Wildman–Crippen LogP) is 2.37. The van der Waals surface area contributed by atoms with E-state index >= 15 is 0 Å². The highest BCUT2D eigenvalue weighted by Gasteiger charge is 2.19. The molecule has 0 bridgehead atoms. The lowest BCUT2D eigenvalue weighted by Crippen LogP contribution is -2.32. The number of carbonyl (C=O) groups excluding carboxylic acids is 1. The van der Waals surface area contributed by atoms with Gasteiger partial charge in [0, 0.05) is 36.7 Å². The van der Waals surface area contributed by atoms with Gasteiger partial charge in [-0.15, -0.1) is 0 Å². The molecule has 2 aromatic heterocycles. The van der Waals surface area contributed by atoms with Crippen LogP contribution in [0.25, 0.3) is 0 Å². The predicted molar refractivity (Wildman–Crippen MR) is 85.4 cm³/mol. The van der Waals surface area contributed by atoms with E-state index in [4.69, 9.17) is 0 Å². The number of amides is 1. The van der Waals surface area contributed by atoms with Crippen molar-refractivity contribution in [1.82, 2.24) is 24.9 Å². The van der Waals surface area contributed by atoms with Gasteiger partial charge in [0.25, 0.3) is 0 Å². The van der Waals surface area contributed by atoms with E-state index in [-0.39, 0.29) is 11.9 Å². The van der Waals surface area contributed by atoms with Gasteiger partial charge < -0.3 is 5.32 Å². The summed E-state index contributed by atoms with van der Waals surface area (Å²) in [5.41, 5.74) is 3.22. The van der Waals surface area contributed by atoms with Gasteiger partial charge in [0.05, 0.1) is 5.69 Å². The van der Waals surface area contributed by atoms with Crippen molar-refractivity contribution in [2.75, 3.05) is 0 Å². The van der Waals surface area contributed by atoms with Crippen molar-refractivity contribution in [3.05, 3.63) is 35.4 Å². The number of hydrogen-bond acceptors (Lipinski definition) is 3. The molecule has 0 fully saturated rings. The SMILES string of the molecule is CCCn1nc(C)c(CNC(=O)[C@@H](CC)n2cccn2)c1C. The minimum atomic E-state index is -0.263. The molecule has 1 atom stereocenters. The van der Waals surface area contributed by atoms with Gasteiger partial charge in [-0.05, 0) is 32.8 Å². The van der Waals surface area contributed by atoms with Crippen LogP contribution in [-0.4, -0.2) is 25.5 Å². The lowest BCUT2D eigenvalue weighted by atomic mass is 10.1. The molecular formula is C16H25N5O. The molecule has 0 unspecified atom stereocenters. The highest BCUT2D eigenvalue weighted by molar-refractivity contribution is 5.80. The first-order valence-electron chi connectivity index (χ1n) is 7.88. The molecule has 120 valence electrons. The molecular weight excluding hydrogens is 278 g/mol. The van der Waals surface area contributed by atoms with Crippen molar-refractivity contribution in [3.63, 3.8) is 0 Å². The number of aromatic nitrogens is 4. The summed E-state index contributed by atoms with van der Waals surface area (Å²) in [4.78, 5) is 12.4. The second-order valence-corrected chi connectivity index (χ2v) is 5.50. The van der Waals surface area contributed by atoms with E-state index in [2.05, 4.69) is 29.4 Å². The number of carbonyl (C=O) groups is 1. The topological polar surface area (TPSA) is 64.7 Å². The molecule has 2 heterocycles. The normalized spacial score (nSPS) is 12.4. The molecule has 0 aliphatic carbocycles. The molecule has 0 saturated carbocycles. The number of nitrogens with zero attached hydrogens (tertiary/aromatic N) is 4. The molecule has 0 aliphatic rings. The smallest absolute Gasteiger partial charge is 0.245 e. The molecule has 0 aromatic carbocycles. The zero-order valence-electron chi connectivity index (χ0n) is 13.8. The largest absolute Gasteiger partial charge is 0.350 e. The van der Waals surface area contributed by atoms with Crippen molar-refractivity contribution in [3.8, 4) is 0 Å². The van der Waals surface area contributed by atoms with Gasteiger partial charge in [0.15, 0.2) is 0 Å². The number of nitrogens with one attached hydrogen (secondary N) is 1. The van der Waals surface area contributed by atoms with E-state index in [0.717, 1.165) is 29.9 Å². The first-order valence-corrected chi connectivity index (χ1v) is 7.88. The standard InChI is InChI=1S/C16H25N5O/c1-5-9-20-13(4)14(12(3)19-20)11-17-16(22)15(6-2)21-10-7-8-18-21/h7-8,10,15H,5-6,9,11H2,1-4H3,(H,17,22)/t15-/m1/s1. The lowest BCUT2D eigenvalue weighted by molar-refractivity contribution is -0.124. The average molecular weight is 303 g/mol. The molecule has 2 rings (SSSR count). The van der Waals surface area contributed by atoms with Crippen molar-refractivity contribution in [1.29, 1.82) is 0 Å². The molecule has 0 spiro atoms. The highest BCUT2D eigenvalue weighted by Crippen LogP contribution is 2.15. The molecule has 1 N–H and O–H groups in total. The van der Waals surface area contributed by atoms with E-state index in [1.807, 2.05) is 30.8 Å². The van der Waals surface area contributed by atoms with Gasteiger partial charge >= 0.3 is 0 Å². The Balaban J connectivity index is 2.05. The fourth-order valence-corrected chi connectivity index (χ4v) is 2.67. The van der Waals surface area contributed by atoms with E-state index in [0.29, 0.717) is 13.0 Å². The van der Waals surface area contributed by atoms with Gasteiger partial charge in [-0.25, -0.2) is 0 Å². The van der Waals surface area contributed by atoms with Crippen LogP contribution in [0, 0.1) is 13.8 Å². The molecule has 6 heteroatoms. The van der Waals surface area contributed by atoms with Crippen LogP contribution < -0.4 is 5.32 Å². The highest BCUT2D eigenvalue weighted by atomic mass is 16.2. The van der Waals surface area contributed by atoms with Crippen LogP contribution in [0.15, 0.2) is 18.5 Å². The second kappa shape index (κ2) is 7.24. The summed E-state index contributed by atoms with van der Waals surface area (Å²) in [7, 11) is 0. The van der Waals surface area contributed by atoms with E-state index < -0.39 is 0 Å². The minimum absolute atomic E-state index is 0.00626. The third kappa shape index (κ3) is 3.37. The van der Waals surface area contributed by atoms with Crippen LogP contribution in [0.4, 0.5) is 0 Å². The summed E-state index contributed by atoms with van der Waals surface area (Å²) in [6, 6.07) is 1.57. The Morgan fingerprint density at radius 2 is 2.14 bits per heavy atom. The lowest BCUT2D eigenvalue weighted by Gasteiger charge is -2.15. The van der Waals surface area contributed by atoms with Gasteiger partial charge in [-0.2, -0.15) is 10.2 Å². The van der Waals surface area contributed by atoms with Crippen LogP contribution in [0.5, 0.6) is 0 Å².